The summed E-state index contributed by atoms with van der Waals surface area (Å²) in [5.41, 5.74) is 0.209. The van der Waals surface area contributed by atoms with Crippen LogP contribution in [0.3, 0.4) is 0 Å². The molecule has 0 bridgehead atoms. The Balaban J connectivity index is 2.51. The third-order valence-corrected chi connectivity index (χ3v) is 5.22. The minimum absolute atomic E-state index is 0.0768. The zero-order chi connectivity index (χ0) is 19.0. The van der Waals surface area contributed by atoms with Crippen molar-refractivity contribution < 1.29 is 22.7 Å². The van der Waals surface area contributed by atoms with Gasteiger partial charge < -0.3 is 10.1 Å². The highest BCUT2D eigenvalue weighted by Gasteiger charge is 2.22. The minimum atomic E-state index is -3.57. The number of nitrogens with one attached hydrogen (secondary N) is 2. The zero-order valence-corrected chi connectivity index (χ0v) is 16.2. The number of ether oxygens (including phenoxy) is 1. The molecule has 0 spiro atoms. The molecule has 1 rings (SSSR count). The van der Waals surface area contributed by atoms with Crippen molar-refractivity contribution >= 4 is 50.8 Å². The van der Waals surface area contributed by atoms with Crippen molar-refractivity contribution in [1.82, 2.24) is 4.72 Å². The number of halogens is 2. The molecule has 0 aliphatic rings. The Morgan fingerprint density at radius 2 is 1.84 bits per heavy atom. The SMILES string of the molecule is CCCCS(=O)(=O)N[C@@H](C)C(=O)OCC(=O)Nc1c(Cl)cccc1Cl. The summed E-state index contributed by atoms with van der Waals surface area (Å²) in [5.74, 6) is -1.59. The monoisotopic (exact) mass is 410 g/mol. The highest BCUT2D eigenvalue weighted by molar-refractivity contribution is 7.89. The molecule has 140 valence electrons. The molecular formula is C15H20Cl2N2O5S. The van der Waals surface area contributed by atoms with E-state index in [4.69, 9.17) is 27.9 Å². The van der Waals surface area contributed by atoms with Crippen LogP contribution in [0.5, 0.6) is 0 Å². The van der Waals surface area contributed by atoms with Crippen LogP contribution in [0.1, 0.15) is 26.7 Å². The van der Waals surface area contributed by atoms with Crippen LogP contribution in [0.15, 0.2) is 18.2 Å². The van der Waals surface area contributed by atoms with E-state index >= 15 is 0 Å². The Labute approximate surface area is 157 Å². The van der Waals surface area contributed by atoms with E-state index in [0.29, 0.717) is 12.8 Å². The zero-order valence-electron chi connectivity index (χ0n) is 13.8. The summed E-state index contributed by atoms with van der Waals surface area (Å²) in [6, 6.07) is 3.61. The van der Waals surface area contributed by atoms with Crippen LogP contribution in [0.4, 0.5) is 5.69 Å². The number of sulfonamides is 1. The molecule has 1 aromatic carbocycles. The lowest BCUT2D eigenvalue weighted by Gasteiger charge is -2.14. The smallest absolute Gasteiger partial charge is 0.324 e. The van der Waals surface area contributed by atoms with Crippen LogP contribution in [0, 0.1) is 0 Å². The van der Waals surface area contributed by atoms with Crippen molar-refractivity contribution in [2.45, 2.75) is 32.7 Å². The van der Waals surface area contributed by atoms with Crippen molar-refractivity contribution in [3.05, 3.63) is 28.2 Å². The van der Waals surface area contributed by atoms with Gasteiger partial charge in [0.15, 0.2) is 6.61 Å². The fourth-order valence-corrected chi connectivity index (χ4v) is 3.68. The lowest BCUT2D eigenvalue weighted by Crippen LogP contribution is -2.41. The van der Waals surface area contributed by atoms with Crippen LogP contribution in [0.25, 0.3) is 0 Å². The predicted octanol–water partition coefficient (Wildman–Crippen LogP) is 2.58. The Bertz CT molecular complexity index is 704. The second kappa shape index (κ2) is 9.96. The van der Waals surface area contributed by atoms with Crippen molar-refractivity contribution in [3.8, 4) is 0 Å². The standard InChI is InChI=1S/C15H20Cl2N2O5S/c1-3-4-8-25(22,23)19-10(2)15(21)24-9-13(20)18-14-11(16)6-5-7-12(14)17/h5-7,10,19H,3-4,8-9H2,1-2H3,(H,18,20)/t10-/m0/s1. The fourth-order valence-electron chi connectivity index (χ4n) is 1.77. The van der Waals surface area contributed by atoms with E-state index in [-0.39, 0.29) is 21.5 Å². The van der Waals surface area contributed by atoms with E-state index in [0.717, 1.165) is 0 Å². The van der Waals surface area contributed by atoms with Crippen molar-refractivity contribution in [2.24, 2.45) is 0 Å². The predicted molar refractivity (Wildman–Crippen MR) is 97.3 cm³/mol. The largest absolute Gasteiger partial charge is 0.454 e. The molecule has 0 aliphatic carbocycles. The first-order valence-corrected chi connectivity index (χ1v) is 9.97. The number of benzene rings is 1. The summed E-state index contributed by atoms with van der Waals surface area (Å²) in [5, 5.41) is 2.91. The van der Waals surface area contributed by atoms with E-state index in [9.17, 15) is 18.0 Å². The Kier molecular flexibility index (Phi) is 8.64. The van der Waals surface area contributed by atoms with Gasteiger partial charge in [-0.15, -0.1) is 0 Å². The third kappa shape index (κ3) is 7.60. The topological polar surface area (TPSA) is 102 Å². The molecule has 0 aliphatic heterocycles. The van der Waals surface area contributed by atoms with Crippen LogP contribution >= 0.6 is 23.2 Å². The number of carbonyl (C=O) groups excluding carboxylic acids is 2. The summed E-state index contributed by atoms with van der Waals surface area (Å²) >= 11 is 11.8. The highest BCUT2D eigenvalue weighted by atomic mass is 35.5. The van der Waals surface area contributed by atoms with Crippen LogP contribution < -0.4 is 10.0 Å². The summed E-state index contributed by atoms with van der Waals surface area (Å²) in [6.45, 7) is 2.60. The number of amides is 1. The van der Waals surface area contributed by atoms with Gasteiger partial charge in [-0.3, -0.25) is 9.59 Å². The van der Waals surface area contributed by atoms with Gasteiger partial charge in [0.25, 0.3) is 5.91 Å². The Morgan fingerprint density at radius 3 is 2.40 bits per heavy atom. The van der Waals surface area contributed by atoms with Gasteiger partial charge in [0.05, 0.1) is 21.5 Å². The molecule has 25 heavy (non-hydrogen) atoms. The van der Waals surface area contributed by atoms with E-state index in [2.05, 4.69) is 10.0 Å². The molecule has 0 fully saturated rings. The first-order valence-electron chi connectivity index (χ1n) is 7.56. The number of hydrogen-bond donors (Lipinski definition) is 2. The second-order valence-corrected chi connectivity index (χ2v) is 7.95. The van der Waals surface area contributed by atoms with Gasteiger partial charge in [0, 0.05) is 0 Å². The molecule has 1 aromatic rings. The summed E-state index contributed by atoms with van der Waals surface area (Å²) < 4.78 is 30.5. The molecule has 0 saturated carbocycles. The number of carbonyl (C=O) groups is 2. The molecule has 0 aromatic heterocycles. The normalized spacial score (nSPS) is 12.5. The Hall–Kier alpha value is -1.35. The molecule has 2 N–H and O–H groups in total. The van der Waals surface area contributed by atoms with E-state index < -0.39 is 34.5 Å². The minimum Gasteiger partial charge on any atom is -0.454 e. The first kappa shape index (κ1) is 21.7. The molecule has 7 nitrogen and oxygen atoms in total. The number of hydrogen-bond acceptors (Lipinski definition) is 5. The van der Waals surface area contributed by atoms with Gasteiger partial charge >= 0.3 is 5.97 Å². The van der Waals surface area contributed by atoms with Gasteiger partial charge in [-0.2, -0.15) is 0 Å². The van der Waals surface area contributed by atoms with E-state index in [1.807, 2.05) is 6.92 Å². The van der Waals surface area contributed by atoms with Gasteiger partial charge in [0.2, 0.25) is 10.0 Å². The Morgan fingerprint density at radius 1 is 1.24 bits per heavy atom. The van der Waals surface area contributed by atoms with E-state index in [1.165, 1.54) is 6.92 Å². The number of anilines is 1. The maximum absolute atomic E-state index is 11.8. The average molecular weight is 411 g/mol. The van der Waals surface area contributed by atoms with Crippen molar-refractivity contribution in [1.29, 1.82) is 0 Å². The molecule has 1 amide bonds. The molecule has 0 heterocycles. The quantitative estimate of drug-likeness (QED) is 0.609. The fraction of sp³-hybridized carbons (Fsp3) is 0.467. The number of unbranched alkanes of at least 4 members (excludes halogenated alkanes) is 1. The number of rotatable bonds is 9. The molecular weight excluding hydrogens is 391 g/mol. The van der Waals surface area contributed by atoms with E-state index in [1.54, 1.807) is 18.2 Å². The van der Waals surface area contributed by atoms with Gasteiger partial charge in [-0.25, -0.2) is 13.1 Å². The van der Waals surface area contributed by atoms with Crippen molar-refractivity contribution in [3.63, 3.8) is 0 Å². The summed E-state index contributed by atoms with van der Waals surface area (Å²) in [7, 11) is -3.57. The lowest BCUT2D eigenvalue weighted by molar-refractivity contribution is -0.148. The molecule has 0 unspecified atom stereocenters. The van der Waals surface area contributed by atoms with Crippen LogP contribution in [-0.4, -0.2) is 38.7 Å². The molecule has 10 heteroatoms. The van der Waals surface area contributed by atoms with Gasteiger partial charge in [-0.05, 0) is 25.5 Å². The second-order valence-electron chi connectivity index (χ2n) is 5.26. The van der Waals surface area contributed by atoms with Gasteiger partial charge in [0.1, 0.15) is 6.04 Å². The molecule has 1 atom stereocenters. The third-order valence-electron chi connectivity index (χ3n) is 3.05. The number of para-hydroxylation sites is 1. The van der Waals surface area contributed by atoms with Crippen LogP contribution in [-0.2, 0) is 24.3 Å². The maximum Gasteiger partial charge on any atom is 0.324 e. The lowest BCUT2D eigenvalue weighted by atomic mass is 10.3. The maximum atomic E-state index is 11.8. The first-order chi connectivity index (χ1) is 11.7. The highest BCUT2D eigenvalue weighted by Crippen LogP contribution is 2.29. The molecule has 0 radical (unpaired) electrons. The summed E-state index contributed by atoms with van der Waals surface area (Å²) in [4.78, 5) is 23.6. The van der Waals surface area contributed by atoms with Gasteiger partial charge in [-0.1, -0.05) is 42.6 Å². The molecule has 0 saturated heterocycles. The average Bonchev–Trinajstić information content (AvgIpc) is 2.53. The summed E-state index contributed by atoms with van der Waals surface area (Å²) in [6.07, 6.45) is 1.20. The van der Waals surface area contributed by atoms with Crippen LogP contribution in [0.2, 0.25) is 10.0 Å². The van der Waals surface area contributed by atoms with Crippen molar-refractivity contribution in [2.75, 3.05) is 17.7 Å². The number of esters is 1.